The van der Waals surface area contributed by atoms with Gasteiger partial charge in [0.05, 0.1) is 12.3 Å². The number of nitrogens with two attached hydrogens (primary N) is 1. The third-order valence-corrected chi connectivity index (χ3v) is 2.61. The monoisotopic (exact) mass is 290 g/mol. The third kappa shape index (κ3) is 2.78. The average Bonchev–Trinajstić information content (AvgIpc) is 2.29. The summed E-state index contributed by atoms with van der Waals surface area (Å²) in [4.78, 5) is 12.7. The van der Waals surface area contributed by atoms with Gasteiger partial charge in [-0.25, -0.2) is 4.39 Å². The molecule has 0 spiro atoms. The summed E-state index contributed by atoms with van der Waals surface area (Å²) in [5.41, 5.74) is 5.48. The number of anilines is 1. The van der Waals surface area contributed by atoms with Gasteiger partial charge in [0, 0.05) is 11.5 Å². The lowest BCUT2D eigenvalue weighted by atomic mass is 10.2. The molecular weight excluding hydrogens is 279 g/mol. The lowest BCUT2D eigenvalue weighted by molar-refractivity contribution is -0.120. The van der Waals surface area contributed by atoms with Gasteiger partial charge in [-0.3, -0.25) is 4.79 Å². The second-order valence-electron chi connectivity index (χ2n) is 3.28. The van der Waals surface area contributed by atoms with Crippen LogP contribution in [0.4, 0.5) is 10.1 Å². The maximum Gasteiger partial charge on any atom is 0.246 e. The van der Waals surface area contributed by atoms with Gasteiger partial charge >= 0.3 is 0 Å². The van der Waals surface area contributed by atoms with Gasteiger partial charge in [-0.2, -0.15) is 0 Å². The molecule has 3 N–H and O–H groups in total. The number of aliphatic hydroxyl groups is 1. The van der Waals surface area contributed by atoms with Crippen LogP contribution >= 0.6 is 15.9 Å². The smallest absolute Gasteiger partial charge is 0.246 e. The van der Waals surface area contributed by atoms with Crippen LogP contribution in [0.1, 0.15) is 0 Å². The number of hydrogen-bond acceptors (Lipinski definition) is 3. The van der Waals surface area contributed by atoms with Crippen LogP contribution in [0, 0.1) is 5.82 Å². The first kappa shape index (κ1) is 13.1. The Morgan fingerprint density at radius 3 is 2.88 bits per heavy atom. The fraction of sp³-hybridized carbons (Fsp3) is 0.300. The second-order valence-corrected chi connectivity index (χ2v) is 4.20. The fourth-order valence-electron chi connectivity index (χ4n) is 1.19. The van der Waals surface area contributed by atoms with E-state index in [0.29, 0.717) is 4.47 Å². The summed E-state index contributed by atoms with van der Waals surface area (Å²) < 4.78 is 14.1. The van der Waals surface area contributed by atoms with Crippen molar-refractivity contribution < 1.29 is 14.3 Å². The van der Waals surface area contributed by atoms with Crippen LogP contribution in [0.15, 0.2) is 22.7 Å². The number of hydrogen-bond donors (Lipinski definition) is 2. The van der Waals surface area contributed by atoms with Gasteiger partial charge < -0.3 is 15.7 Å². The summed E-state index contributed by atoms with van der Waals surface area (Å²) in [5.74, 6) is -1.07. The van der Waals surface area contributed by atoms with Crippen molar-refractivity contribution in [2.24, 2.45) is 5.73 Å². The Morgan fingerprint density at radius 2 is 2.31 bits per heavy atom. The number of likely N-dealkylation sites (N-methyl/N-ethyl adjacent to an activating group) is 1. The van der Waals surface area contributed by atoms with Crippen molar-refractivity contribution in [1.29, 1.82) is 0 Å². The Balaban J connectivity index is 3.00. The van der Waals surface area contributed by atoms with Gasteiger partial charge in [-0.15, -0.1) is 0 Å². The Hall–Kier alpha value is -0.980. The second kappa shape index (κ2) is 5.38. The largest absolute Gasteiger partial charge is 0.394 e. The van der Waals surface area contributed by atoms with Crippen molar-refractivity contribution in [3.8, 4) is 0 Å². The molecule has 4 nitrogen and oxygen atoms in total. The number of aliphatic hydroxyl groups excluding tert-OH is 1. The van der Waals surface area contributed by atoms with E-state index < -0.39 is 24.4 Å². The SMILES string of the molecule is CN(C(=O)C(N)CO)c1cc(Br)ccc1F. The molecule has 0 aliphatic carbocycles. The molecule has 0 radical (unpaired) electrons. The highest BCUT2D eigenvalue weighted by molar-refractivity contribution is 9.10. The molecule has 0 fully saturated rings. The predicted octanol–water partition coefficient (Wildman–Crippen LogP) is 0.871. The molecule has 0 aliphatic heterocycles. The van der Waals surface area contributed by atoms with Crippen LogP contribution in [-0.2, 0) is 4.79 Å². The van der Waals surface area contributed by atoms with E-state index in [-0.39, 0.29) is 5.69 Å². The number of carbonyl (C=O) groups excluding carboxylic acids is 1. The normalized spacial score (nSPS) is 12.3. The predicted molar refractivity (Wildman–Crippen MR) is 62.6 cm³/mol. The van der Waals surface area contributed by atoms with Crippen molar-refractivity contribution in [2.75, 3.05) is 18.6 Å². The van der Waals surface area contributed by atoms with Crippen molar-refractivity contribution in [3.05, 3.63) is 28.5 Å². The minimum Gasteiger partial charge on any atom is -0.394 e. The van der Waals surface area contributed by atoms with Gasteiger partial charge in [0.15, 0.2) is 0 Å². The zero-order valence-electron chi connectivity index (χ0n) is 8.65. The molecule has 6 heteroatoms. The number of halogens is 2. The molecule has 16 heavy (non-hydrogen) atoms. The van der Waals surface area contributed by atoms with E-state index in [1.165, 1.54) is 25.2 Å². The first-order valence-electron chi connectivity index (χ1n) is 4.56. The topological polar surface area (TPSA) is 66.6 Å². The summed E-state index contributed by atoms with van der Waals surface area (Å²) in [7, 11) is 1.41. The van der Waals surface area contributed by atoms with Crippen LogP contribution in [0.5, 0.6) is 0 Å². The molecule has 1 rings (SSSR count). The van der Waals surface area contributed by atoms with Crippen molar-refractivity contribution >= 4 is 27.5 Å². The number of benzene rings is 1. The van der Waals surface area contributed by atoms with E-state index in [1.54, 1.807) is 0 Å². The van der Waals surface area contributed by atoms with E-state index in [1.807, 2.05) is 0 Å². The van der Waals surface area contributed by atoms with Crippen LogP contribution in [0.2, 0.25) is 0 Å². The van der Waals surface area contributed by atoms with Crippen LogP contribution < -0.4 is 10.6 Å². The maximum atomic E-state index is 13.4. The van der Waals surface area contributed by atoms with Gasteiger partial charge in [-0.05, 0) is 18.2 Å². The number of amides is 1. The van der Waals surface area contributed by atoms with Crippen LogP contribution in [0.3, 0.4) is 0 Å². The Labute approximate surface area is 101 Å². The Bertz CT molecular complexity index is 400. The zero-order valence-corrected chi connectivity index (χ0v) is 10.2. The van der Waals surface area contributed by atoms with E-state index in [2.05, 4.69) is 15.9 Å². The molecule has 1 aromatic carbocycles. The lowest BCUT2D eigenvalue weighted by Gasteiger charge is -2.21. The van der Waals surface area contributed by atoms with Gasteiger partial charge in [-0.1, -0.05) is 15.9 Å². The number of nitrogens with zero attached hydrogens (tertiary/aromatic N) is 1. The molecule has 1 amide bonds. The molecule has 1 aromatic rings. The summed E-state index contributed by atoms with van der Waals surface area (Å²) in [6.45, 7) is -0.473. The number of carbonyl (C=O) groups is 1. The summed E-state index contributed by atoms with van der Waals surface area (Å²) >= 11 is 3.18. The molecule has 1 atom stereocenters. The molecule has 0 bridgehead atoms. The van der Waals surface area contributed by atoms with Crippen molar-refractivity contribution in [1.82, 2.24) is 0 Å². The summed E-state index contributed by atoms with van der Waals surface area (Å²) in [5, 5.41) is 8.75. The van der Waals surface area contributed by atoms with E-state index in [0.717, 1.165) is 4.90 Å². The van der Waals surface area contributed by atoms with Crippen LogP contribution in [-0.4, -0.2) is 30.7 Å². The maximum absolute atomic E-state index is 13.4. The molecule has 0 aromatic heterocycles. The van der Waals surface area contributed by atoms with E-state index in [4.69, 9.17) is 10.8 Å². The van der Waals surface area contributed by atoms with Crippen molar-refractivity contribution in [3.63, 3.8) is 0 Å². The molecule has 0 saturated carbocycles. The zero-order chi connectivity index (χ0) is 12.3. The third-order valence-electron chi connectivity index (χ3n) is 2.11. The van der Waals surface area contributed by atoms with E-state index in [9.17, 15) is 9.18 Å². The fourth-order valence-corrected chi connectivity index (χ4v) is 1.54. The van der Waals surface area contributed by atoms with E-state index >= 15 is 0 Å². The summed E-state index contributed by atoms with van der Waals surface area (Å²) in [6, 6.07) is 3.21. The minimum absolute atomic E-state index is 0.114. The molecular formula is C10H12BrFN2O2. The molecule has 0 saturated heterocycles. The molecule has 88 valence electrons. The molecule has 1 unspecified atom stereocenters. The first-order valence-corrected chi connectivity index (χ1v) is 5.35. The highest BCUT2D eigenvalue weighted by Gasteiger charge is 2.20. The van der Waals surface area contributed by atoms with Gasteiger partial charge in [0.1, 0.15) is 11.9 Å². The molecule has 0 heterocycles. The minimum atomic E-state index is -1.04. The average molecular weight is 291 g/mol. The van der Waals surface area contributed by atoms with Gasteiger partial charge in [0.25, 0.3) is 0 Å². The molecule has 0 aliphatic rings. The first-order chi connectivity index (χ1) is 7.47. The standard InChI is InChI=1S/C10H12BrFN2O2/c1-14(10(16)8(13)5-15)9-4-6(11)2-3-7(9)12/h2-4,8,15H,5,13H2,1H3. The Morgan fingerprint density at radius 1 is 1.69 bits per heavy atom. The highest BCUT2D eigenvalue weighted by atomic mass is 79.9. The quantitative estimate of drug-likeness (QED) is 0.868. The Kier molecular flexibility index (Phi) is 4.40. The van der Waals surface area contributed by atoms with Crippen molar-refractivity contribution in [2.45, 2.75) is 6.04 Å². The highest BCUT2D eigenvalue weighted by Crippen LogP contribution is 2.23. The number of rotatable bonds is 3. The summed E-state index contributed by atoms with van der Waals surface area (Å²) in [6.07, 6.45) is 0. The lowest BCUT2D eigenvalue weighted by Crippen LogP contribution is -2.44. The van der Waals surface area contributed by atoms with Gasteiger partial charge in [0.2, 0.25) is 5.91 Å². The van der Waals surface area contributed by atoms with Crippen LogP contribution in [0.25, 0.3) is 0 Å².